The highest BCUT2D eigenvalue weighted by atomic mass is 16.5. The van der Waals surface area contributed by atoms with Crippen LogP contribution in [-0.4, -0.2) is 12.1 Å². The Morgan fingerprint density at radius 2 is 1.71 bits per heavy atom. The van der Waals surface area contributed by atoms with Crippen molar-refractivity contribution in [2.45, 2.75) is 13.3 Å². The van der Waals surface area contributed by atoms with Crippen LogP contribution in [-0.2, 0) is 6.42 Å². The van der Waals surface area contributed by atoms with Crippen LogP contribution in [0.1, 0.15) is 12.5 Å². The van der Waals surface area contributed by atoms with Gasteiger partial charge in [0.25, 0.3) is 0 Å². The number of pyridine rings is 1. The molecule has 0 N–H and O–H groups in total. The van der Waals surface area contributed by atoms with E-state index in [4.69, 9.17) is 9.47 Å². The zero-order valence-electron chi connectivity index (χ0n) is 10.0. The number of nitrogens with zero attached hydrogens (tertiary/aromatic N) is 1. The highest BCUT2D eigenvalue weighted by Crippen LogP contribution is 2.23. The Labute approximate surface area is 101 Å². The zero-order chi connectivity index (χ0) is 12.1. The van der Waals surface area contributed by atoms with Crippen LogP contribution in [0.4, 0.5) is 0 Å². The average Bonchev–Trinajstić information content (AvgIpc) is 2.40. The standard InChI is InChI=1S/C14H15NO2/c1-3-11-8-14(10-15-9-11)17-13-6-4-12(16-2)5-7-13/h4-10H,3H2,1-2H3. The molecule has 0 aliphatic carbocycles. The Hall–Kier alpha value is -2.03. The summed E-state index contributed by atoms with van der Waals surface area (Å²) in [7, 11) is 1.64. The van der Waals surface area contributed by atoms with Gasteiger partial charge in [-0.25, -0.2) is 0 Å². The van der Waals surface area contributed by atoms with Gasteiger partial charge in [-0.2, -0.15) is 0 Å². The summed E-state index contributed by atoms with van der Waals surface area (Å²) in [5, 5.41) is 0. The molecule has 2 rings (SSSR count). The third kappa shape index (κ3) is 2.97. The number of benzene rings is 1. The number of aromatic nitrogens is 1. The van der Waals surface area contributed by atoms with Gasteiger partial charge >= 0.3 is 0 Å². The number of ether oxygens (including phenoxy) is 2. The van der Waals surface area contributed by atoms with E-state index in [2.05, 4.69) is 11.9 Å². The van der Waals surface area contributed by atoms with E-state index in [1.54, 1.807) is 13.3 Å². The smallest absolute Gasteiger partial charge is 0.145 e. The first-order valence-electron chi connectivity index (χ1n) is 5.57. The molecule has 1 aromatic carbocycles. The summed E-state index contributed by atoms with van der Waals surface area (Å²) in [4.78, 5) is 4.14. The maximum atomic E-state index is 5.70. The van der Waals surface area contributed by atoms with E-state index in [9.17, 15) is 0 Å². The van der Waals surface area contributed by atoms with Crippen molar-refractivity contribution in [2.75, 3.05) is 7.11 Å². The quantitative estimate of drug-likeness (QED) is 0.804. The molecule has 3 nitrogen and oxygen atoms in total. The molecule has 0 radical (unpaired) electrons. The van der Waals surface area contributed by atoms with Crippen LogP contribution in [0.15, 0.2) is 42.7 Å². The van der Waals surface area contributed by atoms with E-state index in [0.29, 0.717) is 0 Å². The topological polar surface area (TPSA) is 31.4 Å². The molecule has 0 unspecified atom stereocenters. The van der Waals surface area contributed by atoms with Crippen molar-refractivity contribution in [1.29, 1.82) is 0 Å². The van der Waals surface area contributed by atoms with Gasteiger partial charge in [0.2, 0.25) is 0 Å². The minimum Gasteiger partial charge on any atom is -0.497 e. The molecular formula is C14H15NO2. The molecule has 0 bridgehead atoms. The molecule has 0 atom stereocenters. The number of rotatable bonds is 4. The highest BCUT2D eigenvalue weighted by molar-refractivity contribution is 5.35. The summed E-state index contributed by atoms with van der Waals surface area (Å²) >= 11 is 0. The Morgan fingerprint density at radius 1 is 1.00 bits per heavy atom. The van der Waals surface area contributed by atoms with E-state index in [1.807, 2.05) is 36.5 Å². The zero-order valence-corrected chi connectivity index (χ0v) is 10.0. The molecule has 0 saturated heterocycles. The van der Waals surface area contributed by atoms with Gasteiger partial charge in [0.05, 0.1) is 13.3 Å². The monoisotopic (exact) mass is 229 g/mol. The normalized spacial score (nSPS) is 10.0. The number of hydrogen-bond acceptors (Lipinski definition) is 3. The predicted octanol–water partition coefficient (Wildman–Crippen LogP) is 3.44. The maximum Gasteiger partial charge on any atom is 0.145 e. The third-order valence-electron chi connectivity index (χ3n) is 2.47. The van der Waals surface area contributed by atoms with Crippen LogP contribution in [0.25, 0.3) is 0 Å². The summed E-state index contributed by atoms with van der Waals surface area (Å²) in [5.41, 5.74) is 1.16. The molecule has 1 aromatic heterocycles. The SMILES string of the molecule is CCc1cncc(Oc2ccc(OC)cc2)c1. The first-order valence-corrected chi connectivity index (χ1v) is 5.57. The Bertz CT molecular complexity index is 480. The molecule has 88 valence electrons. The Morgan fingerprint density at radius 3 is 2.35 bits per heavy atom. The minimum atomic E-state index is 0.759. The fourth-order valence-electron chi connectivity index (χ4n) is 1.49. The van der Waals surface area contributed by atoms with Gasteiger partial charge in [0.15, 0.2) is 0 Å². The van der Waals surface area contributed by atoms with Crippen molar-refractivity contribution < 1.29 is 9.47 Å². The van der Waals surface area contributed by atoms with Crippen LogP contribution in [0.2, 0.25) is 0 Å². The molecular weight excluding hydrogens is 214 g/mol. The van der Waals surface area contributed by atoms with E-state index in [1.165, 1.54) is 0 Å². The predicted molar refractivity (Wildman–Crippen MR) is 66.7 cm³/mol. The van der Waals surface area contributed by atoms with Gasteiger partial charge in [-0.1, -0.05) is 6.92 Å². The van der Waals surface area contributed by atoms with Crippen molar-refractivity contribution in [3.8, 4) is 17.2 Å². The fourth-order valence-corrected chi connectivity index (χ4v) is 1.49. The second-order valence-electron chi connectivity index (χ2n) is 3.66. The third-order valence-corrected chi connectivity index (χ3v) is 2.47. The molecule has 3 heteroatoms. The summed E-state index contributed by atoms with van der Waals surface area (Å²) in [5.74, 6) is 2.35. The number of methoxy groups -OCH3 is 1. The van der Waals surface area contributed by atoms with Crippen molar-refractivity contribution in [2.24, 2.45) is 0 Å². The molecule has 1 heterocycles. The summed E-state index contributed by atoms with van der Waals surface area (Å²) in [6.45, 7) is 2.09. The average molecular weight is 229 g/mol. The van der Waals surface area contributed by atoms with Crippen molar-refractivity contribution in [3.63, 3.8) is 0 Å². The van der Waals surface area contributed by atoms with Gasteiger partial charge in [0.1, 0.15) is 17.2 Å². The molecule has 0 aliphatic rings. The second-order valence-corrected chi connectivity index (χ2v) is 3.66. The summed E-state index contributed by atoms with van der Waals surface area (Å²) in [6, 6.07) is 9.48. The van der Waals surface area contributed by atoms with Gasteiger partial charge < -0.3 is 9.47 Å². The minimum absolute atomic E-state index is 0.759. The number of hydrogen-bond donors (Lipinski definition) is 0. The largest absolute Gasteiger partial charge is 0.497 e. The molecule has 0 spiro atoms. The van der Waals surface area contributed by atoms with Gasteiger partial charge in [-0.15, -0.1) is 0 Å². The summed E-state index contributed by atoms with van der Waals surface area (Å²) in [6.07, 6.45) is 4.51. The fraction of sp³-hybridized carbons (Fsp3) is 0.214. The van der Waals surface area contributed by atoms with E-state index < -0.39 is 0 Å². The van der Waals surface area contributed by atoms with Crippen LogP contribution < -0.4 is 9.47 Å². The molecule has 0 aliphatic heterocycles. The van der Waals surface area contributed by atoms with Gasteiger partial charge in [0, 0.05) is 6.20 Å². The number of aryl methyl sites for hydroxylation is 1. The van der Waals surface area contributed by atoms with Crippen LogP contribution in [0.3, 0.4) is 0 Å². The highest BCUT2D eigenvalue weighted by Gasteiger charge is 1.99. The Kier molecular flexibility index (Phi) is 3.60. The first kappa shape index (κ1) is 11.5. The van der Waals surface area contributed by atoms with Crippen LogP contribution in [0.5, 0.6) is 17.2 Å². The molecule has 0 fully saturated rings. The summed E-state index contributed by atoms with van der Waals surface area (Å²) < 4.78 is 10.8. The second kappa shape index (κ2) is 5.34. The lowest BCUT2D eigenvalue weighted by atomic mass is 10.2. The lowest BCUT2D eigenvalue weighted by Crippen LogP contribution is -1.89. The van der Waals surface area contributed by atoms with Crippen molar-refractivity contribution in [1.82, 2.24) is 4.98 Å². The van der Waals surface area contributed by atoms with E-state index in [0.717, 1.165) is 29.2 Å². The lowest BCUT2D eigenvalue weighted by Gasteiger charge is -2.07. The molecule has 2 aromatic rings. The van der Waals surface area contributed by atoms with E-state index >= 15 is 0 Å². The molecule has 17 heavy (non-hydrogen) atoms. The van der Waals surface area contributed by atoms with E-state index in [-0.39, 0.29) is 0 Å². The van der Waals surface area contributed by atoms with Crippen molar-refractivity contribution >= 4 is 0 Å². The van der Waals surface area contributed by atoms with Crippen LogP contribution >= 0.6 is 0 Å². The van der Waals surface area contributed by atoms with Gasteiger partial charge in [-0.3, -0.25) is 4.98 Å². The molecule has 0 amide bonds. The van der Waals surface area contributed by atoms with Gasteiger partial charge in [-0.05, 0) is 42.3 Å². The molecule has 0 saturated carbocycles. The maximum absolute atomic E-state index is 5.70. The van der Waals surface area contributed by atoms with Crippen molar-refractivity contribution in [3.05, 3.63) is 48.3 Å². The Balaban J connectivity index is 2.13. The first-order chi connectivity index (χ1) is 8.31. The van der Waals surface area contributed by atoms with Crippen LogP contribution in [0, 0.1) is 0 Å². The lowest BCUT2D eigenvalue weighted by molar-refractivity contribution is 0.412.